The van der Waals surface area contributed by atoms with Crippen molar-refractivity contribution < 1.29 is 119 Å². The molecular weight excluding hydrogens is 1740 g/mol. The van der Waals surface area contributed by atoms with Crippen LogP contribution in [-0.2, 0) is 109 Å². The molecule has 10 rings (SSSR count). The Morgan fingerprint density at radius 2 is 0.954 bits per heavy atom. The van der Waals surface area contributed by atoms with Crippen molar-refractivity contribution in [3.8, 4) is 21.1 Å². The number of nitrogen functional groups attached to an aromatic ring is 2. The molecule has 26 atom stereocenters. The van der Waals surface area contributed by atoms with Gasteiger partial charge in [-0.15, -0.1) is 22.7 Å². The summed E-state index contributed by atoms with van der Waals surface area (Å²) >= 11 is 2.78. The highest BCUT2D eigenvalue weighted by molar-refractivity contribution is 7.13. The molecule has 6 saturated heterocycles. The lowest BCUT2D eigenvalue weighted by atomic mass is 9.73. The van der Waals surface area contributed by atoms with Crippen LogP contribution in [0.1, 0.15) is 209 Å². The Balaban J connectivity index is 0.000000353. The third-order valence-corrected chi connectivity index (χ3v) is 26.9. The number of likely N-dealkylation sites (N-methyl/N-ethyl adjacent to an activating group) is 2. The number of aromatic nitrogens is 4. The number of ether oxygens (including phenoxy) is 11. The fourth-order valence-corrected chi connectivity index (χ4v) is 19.5. The van der Waals surface area contributed by atoms with Crippen molar-refractivity contribution in [3.63, 3.8) is 0 Å². The van der Waals surface area contributed by atoms with Gasteiger partial charge in [0.2, 0.25) is 11.8 Å². The van der Waals surface area contributed by atoms with E-state index in [0.717, 1.165) is 25.0 Å². The maximum atomic E-state index is 17.1. The van der Waals surface area contributed by atoms with Gasteiger partial charge in [0.15, 0.2) is 43.5 Å². The molecule has 4 aromatic rings. The molecule has 732 valence electrons. The van der Waals surface area contributed by atoms with E-state index in [1.54, 1.807) is 90.7 Å². The van der Waals surface area contributed by atoms with Crippen molar-refractivity contribution in [3.05, 3.63) is 58.8 Å². The van der Waals surface area contributed by atoms with E-state index in [0.29, 0.717) is 57.3 Å². The second-order valence-corrected chi connectivity index (χ2v) is 38.0. The number of carbonyl (C=O) groups excluding carboxylic acids is 7. The van der Waals surface area contributed by atoms with Gasteiger partial charge in [-0.2, -0.15) is 0 Å². The van der Waals surface area contributed by atoms with Gasteiger partial charge in [-0.25, -0.2) is 38.3 Å². The monoisotopic (exact) mass is 1880 g/mol. The van der Waals surface area contributed by atoms with Crippen LogP contribution in [0.3, 0.4) is 0 Å². The Labute approximate surface area is 775 Å². The number of ketones is 2. The Morgan fingerprint density at radius 1 is 0.573 bits per heavy atom. The number of fused-ring (bicyclic) bond motifs is 10. The van der Waals surface area contributed by atoms with Crippen LogP contribution in [0.15, 0.2) is 67.7 Å². The van der Waals surface area contributed by atoms with Gasteiger partial charge in [-0.3, -0.25) is 33.9 Å². The molecule has 2 amide bonds. The number of thiazole rings is 2. The first-order valence-electron chi connectivity index (χ1n) is 44.0. The molecule has 0 spiro atoms. The normalized spacial score (nSPS) is 36.4. The fourth-order valence-electron chi connectivity index (χ4n) is 18.1. The Hall–Kier alpha value is -8.13. The van der Waals surface area contributed by atoms with E-state index in [9.17, 15) is 48.9 Å². The molecule has 4 bridgehead atoms. The fraction of sp³-hybridized carbons (Fsp3) is 0.707. The van der Waals surface area contributed by atoms with Crippen molar-refractivity contribution in [1.82, 2.24) is 29.7 Å². The number of aliphatic hydroxyl groups is 3. The van der Waals surface area contributed by atoms with E-state index >= 15 is 8.78 Å². The maximum Gasteiger partial charge on any atom is 0.351 e. The Kier molecular flexibility index (Phi) is 38.9. The largest absolute Gasteiger partial charge is 0.457 e. The van der Waals surface area contributed by atoms with Crippen molar-refractivity contribution in [2.45, 2.75) is 330 Å². The minimum absolute atomic E-state index is 0. The molecule has 6 fully saturated rings. The molecule has 10 heterocycles. The first kappa shape index (κ1) is 110. The molecular formula is C92H140F2N12O23S2. The molecule has 35 nitrogen and oxygen atoms in total. The molecule has 0 aromatic carbocycles. The van der Waals surface area contributed by atoms with Gasteiger partial charge < -0.3 is 98.4 Å². The highest BCUT2D eigenvalue weighted by atomic mass is 32.1. The number of alkyl halides is 2. The standard InChI is InChI=1S/C46H67FN6O12S.C44H65FN6O11S.2CH4/c1-13-33-46(10,58)40-26(5)36(51-35(55)14-2)24(3)18-44(8,60-21-31(20-59-40)52-61-22-30-16-15-29(19-49-30)41-50-34(48)23-66-41)39(27(6)38(56)45(9,47)43(57)64-33)65-42-37(63-28(7)54)32(53(11)12)17-25(4)62-42;1-12-31-44(9,56)38-25(5)34(49-33(52)13-2)23(3)17-42(7,58-20-29(19-57-38)50-59-21-28-15-14-27(18-47-28)39-48-32(46)22-63-39)37(26(6)36(54)43(8,45)41(55)61-31)62-40-35(53)30(51(10)11)16-24(4)60-40;;/h15-16,19,23-27,32-33,37,39-40,42,58H,13-14,17-18,20-22,48H2,1-12H3;14-15,18,22-26,30-31,35,37-38,40,53,56H,12-13,16-17,19-21,46H2,1-11H3;2*1H4/b;49-34?,50-29+;;/t24-,25-,26+,27+,32+,33-,37-,39-,40-,42+,44-,45+,46-;23-,24-,25+,26+,30+,31-,35-,37-,38-,40+,42-,43+,44-;;/m11../s1. The number of Topliss-reactive ketones (excluding diaryl/α,β-unsaturated/α-hetero) is 2. The molecule has 0 saturated carbocycles. The van der Waals surface area contributed by atoms with E-state index in [2.05, 4.69) is 40.2 Å². The lowest BCUT2D eigenvalue weighted by Gasteiger charge is -2.48. The quantitative estimate of drug-likeness (QED) is 0.0252. The van der Waals surface area contributed by atoms with Gasteiger partial charge in [0.1, 0.15) is 62.6 Å². The number of amides is 2. The summed E-state index contributed by atoms with van der Waals surface area (Å²) in [5, 5.41) is 50.4. The van der Waals surface area contributed by atoms with Gasteiger partial charge in [0, 0.05) is 95.2 Å². The summed E-state index contributed by atoms with van der Waals surface area (Å²) in [6.45, 7) is 27.9. The number of pyridine rings is 2. The number of esters is 3. The average molecular weight is 1880 g/mol. The Morgan fingerprint density at radius 3 is 1.30 bits per heavy atom. The number of carbonyl (C=O) groups is 7. The highest BCUT2D eigenvalue weighted by Crippen LogP contribution is 2.45. The second kappa shape index (κ2) is 46.4. The molecule has 0 aliphatic carbocycles. The molecule has 4 aromatic heterocycles. The molecule has 7 N–H and O–H groups in total. The van der Waals surface area contributed by atoms with Gasteiger partial charge in [-0.1, -0.05) is 94.4 Å². The predicted octanol–water partition coefficient (Wildman–Crippen LogP) is 11.3. The number of hydrogen-bond acceptors (Lipinski definition) is 35. The lowest BCUT2D eigenvalue weighted by molar-refractivity contribution is -0.299. The number of nitrogens with zero attached hydrogens (tertiary/aromatic N) is 10. The lowest BCUT2D eigenvalue weighted by Crippen LogP contribution is -2.62. The maximum absolute atomic E-state index is 17.1. The van der Waals surface area contributed by atoms with Crippen LogP contribution < -0.4 is 11.5 Å². The first-order chi connectivity index (χ1) is 60.5. The van der Waals surface area contributed by atoms with Crippen molar-refractivity contribution in [1.29, 1.82) is 0 Å². The molecule has 6 aliphatic rings. The number of oxime groups is 2. The van der Waals surface area contributed by atoms with Crippen molar-refractivity contribution in [2.75, 3.05) is 66.1 Å². The van der Waals surface area contributed by atoms with E-state index in [-0.39, 0.29) is 104 Å². The summed E-state index contributed by atoms with van der Waals surface area (Å²) < 4.78 is 104. The minimum atomic E-state index is -3.26. The summed E-state index contributed by atoms with van der Waals surface area (Å²) in [6.07, 6.45) is -9.63. The number of halogens is 2. The Bertz CT molecular complexity index is 4650. The number of rotatable bonds is 19. The van der Waals surface area contributed by atoms with Crippen LogP contribution in [-0.4, -0.2) is 283 Å². The van der Waals surface area contributed by atoms with Gasteiger partial charge in [-0.05, 0) is 158 Å². The topological polar surface area (TPSA) is 460 Å². The van der Waals surface area contributed by atoms with Crippen LogP contribution in [0.2, 0.25) is 0 Å². The highest BCUT2D eigenvalue weighted by Gasteiger charge is 2.60. The average Bonchev–Trinajstić information content (AvgIpc) is 1.73. The number of hydrogen-bond donors (Lipinski definition) is 5. The zero-order valence-corrected chi connectivity index (χ0v) is 79.9. The predicted molar refractivity (Wildman–Crippen MR) is 490 cm³/mol. The van der Waals surface area contributed by atoms with Crippen molar-refractivity contribution >= 4 is 98.4 Å². The second-order valence-electron chi connectivity index (χ2n) is 36.3. The number of anilines is 2. The van der Waals surface area contributed by atoms with Gasteiger partial charge >= 0.3 is 17.9 Å². The van der Waals surface area contributed by atoms with E-state index in [1.807, 2.05) is 77.8 Å². The summed E-state index contributed by atoms with van der Waals surface area (Å²) in [7, 11) is 7.28. The zero-order chi connectivity index (χ0) is 95.5. The number of cyclic esters (lactones) is 2. The molecule has 0 unspecified atom stereocenters. The number of aliphatic imine (C=N–C) groups is 2. The summed E-state index contributed by atoms with van der Waals surface area (Å²) in [6, 6.07) is 6.37. The van der Waals surface area contributed by atoms with Crippen LogP contribution in [0.25, 0.3) is 21.1 Å². The SMILES string of the molecule is C.C.CCC(=O)N=C1[C@H](C)C[C@@]2(C)OC/C(=N/OCc3ccc(-c4nc(N)cs4)cn3)CO[C@H]([C@H]1C)[C@](C)(O)[C@@H](CC)OC(=O)[C@@](C)(F)C(=O)[C@H](C)[C@H]2O[C@@H]1O[C@H](C)C[C@H](N(C)C)[C@H]1O.CCC(=O)N=C1[C@H](C)C[C@@]2(C)OCC(=NOCc3ccc(-c4nc(N)cs4)cn3)CO[C@H]([C@H]1C)[C@](C)(O)[C@@H](CC)OC(=O)[C@@](C)(F)C(=O)[C@H](C)[C@H]2O[C@@H]1O[C@H](C)C[C@H](N(C)C)[C@H]1OC(C)=O. The number of nitrogens with two attached hydrogens (primary N) is 2. The van der Waals surface area contributed by atoms with Gasteiger partial charge in [0.05, 0.1) is 91.7 Å². The van der Waals surface area contributed by atoms with Crippen LogP contribution >= 0.6 is 22.7 Å². The van der Waals surface area contributed by atoms with E-state index in [4.69, 9.17) is 73.2 Å². The van der Waals surface area contributed by atoms with Crippen LogP contribution in [0.5, 0.6) is 0 Å². The summed E-state index contributed by atoms with van der Waals surface area (Å²) in [5.41, 5.74) is 1.43. The van der Waals surface area contributed by atoms with Crippen molar-refractivity contribution in [2.24, 2.45) is 55.8 Å². The third kappa shape index (κ3) is 26.3. The third-order valence-electron chi connectivity index (χ3n) is 25.1. The molecule has 0 radical (unpaired) electrons. The molecule has 131 heavy (non-hydrogen) atoms. The zero-order valence-electron chi connectivity index (χ0n) is 78.3. The summed E-state index contributed by atoms with van der Waals surface area (Å²) in [5.74, 6) is -12.0. The van der Waals surface area contributed by atoms with Crippen LogP contribution in [0.4, 0.5) is 20.4 Å². The number of aliphatic hydroxyl groups excluding tert-OH is 1. The summed E-state index contributed by atoms with van der Waals surface area (Å²) in [4.78, 5) is 138. The van der Waals surface area contributed by atoms with Crippen LogP contribution in [0, 0.1) is 35.5 Å². The molecule has 39 heteroatoms. The first-order valence-corrected chi connectivity index (χ1v) is 45.8. The van der Waals surface area contributed by atoms with Gasteiger partial charge in [0.25, 0.3) is 11.3 Å². The smallest absolute Gasteiger partial charge is 0.351 e. The molecule has 6 aliphatic heterocycles. The minimum Gasteiger partial charge on any atom is -0.457 e. The van der Waals surface area contributed by atoms with E-state index < -0.39 is 196 Å². The van der Waals surface area contributed by atoms with E-state index in [1.165, 1.54) is 57.3 Å².